The van der Waals surface area contributed by atoms with Gasteiger partial charge in [0.2, 0.25) is 0 Å². The van der Waals surface area contributed by atoms with Crippen LogP contribution in [0.5, 0.6) is 0 Å². The van der Waals surface area contributed by atoms with Crippen molar-refractivity contribution in [3.63, 3.8) is 0 Å². The fraction of sp³-hybridized carbons (Fsp3) is 0.154. The highest BCUT2D eigenvalue weighted by molar-refractivity contribution is 7.17. The molecule has 0 spiro atoms. The van der Waals surface area contributed by atoms with Crippen LogP contribution in [-0.4, -0.2) is 21.6 Å². The van der Waals surface area contributed by atoms with E-state index in [1.807, 2.05) is 6.07 Å². The molecule has 2 aromatic heterocycles. The van der Waals surface area contributed by atoms with Crippen molar-refractivity contribution < 1.29 is 27.9 Å². The second kappa shape index (κ2) is 9.07. The van der Waals surface area contributed by atoms with Gasteiger partial charge in [-0.25, -0.2) is 4.79 Å². The first-order valence-electron chi connectivity index (χ1n) is 10.6. The van der Waals surface area contributed by atoms with Gasteiger partial charge in [0.15, 0.2) is 0 Å². The van der Waals surface area contributed by atoms with Gasteiger partial charge in [-0.15, -0.1) is 11.3 Å². The zero-order valence-corrected chi connectivity index (χ0v) is 19.8. The molecule has 0 saturated heterocycles. The normalized spacial score (nSPS) is 11.5. The molecule has 0 bridgehead atoms. The van der Waals surface area contributed by atoms with E-state index in [1.54, 1.807) is 45.0 Å². The molecule has 0 aliphatic heterocycles. The van der Waals surface area contributed by atoms with Gasteiger partial charge in [0, 0.05) is 21.8 Å². The molecule has 0 radical (unpaired) electrons. The number of benzene rings is 2. The Morgan fingerprint density at radius 1 is 0.971 bits per heavy atom. The molecule has 4 aromatic rings. The van der Waals surface area contributed by atoms with Gasteiger partial charge in [0.25, 0.3) is 5.91 Å². The molecule has 0 aliphatic rings. The van der Waals surface area contributed by atoms with Crippen molar-refractivity contribution in [3.8, 4) is 16.8 Å². The lowest BCUT2D eigenvalue weighted by atomic mass is 10.0. The van der Waals surface area contributed by atoms with Crippen LogP contribution in [0.4, 0.5) is 18.2 Å². The van der Waals surface area contributed by atoms with E-state index in [4.69, 9.17) is 0 Å². The van der Waals surface area contributed by atoms with Gasteiger partial charge in [-0.1, -0.05) is 42.5 Å². The highest BCUT2D eigenvalue weighted by Crippen LogP contribution is 2.40. The highest BCUT2D eigenvalue weighted by atomic mass is 32.1. The maximum atomic E-state index is 13.6. The van der Waals surface area contributed by atoms with E-state index in [-0.39, 0.29) is 21.8 Å². The van der Waals surface area contributed by atoms with E-state index < -0.39 is 23.6 Å². The predicted molar refractivity (Wildman–Crippen MR) is 130 cm³/mol. The van der Waals surface area contributed by atoms with E-state index in [9.17, 15) is 27.9 Å². The Hall–Kier alpha value is -3.85. The van der Waals surface area contributed by atoms with Gasteiger partial charge in [0.05, 0.1) is 16.8 Å². The molecule has 5 nitrogen and oxygen atoms in total. The maximum absolute atomic E-state index is 13.6. The van der Waals surface area contributed by atoms with Crippen LogP contribution in [0, 0.1) is 20.8 Å². The monoisotopic (exact) mass is 498 g/mol. The van der Waals surface area contributed by atoms with Crippen LogP contribution in [0.1, 0.15) is 42.5 Å². The van der Waals surface area contributed by atoms with E-state index in [0.29, 0.717) is 27.4 Å². The molecule has 0 unspecified atom stereocenters. The van der Waals surface area contributed by atoms with E-state index >= 15 is 0 Å². The number of aromatic nitrogens is 1. The van der Waals surface area contributed by atoms with Crippen LogP contribution in [0.3, 0.4) is 0 Å². The molecule has 35 heavy (non-hydrogen) atoms. The summed E-state index contributed by atoms with van der Waals surface area (Å²) < 4.78 is 42.2. The molecule has 1 amide bonds. The number of anilines is 1. The average molecular weight is 499 g/mol. The van der Waals surface area contributed by atoms with Crippen molar-refractivity contribution in [2.75, 3.05) is 5.32 Å². The van der Waals surface area contributed by atoms with Gasteiger partial charge in [-0.05, 0) is 44.5 Å². The Balaban J connectivity index is 1.76. The zero-order valence-electron chi connectivity index (χ0n) is 19.0. The maximum Gasteiger partial charge on any atom is 0.418 e. The molecule has 0 aliphatic carbocycles. The summed E-state index contributed by atoms with van der Waals surface area (Å²) in [5, 5.41) is 12.8. The number of amides is 1. The number of alkyl halides is 3. The van der Waals surface area contributed by atoms with Gasteiger partial charge in [-0.2, -0.15) is 13.2 Å². The van der Waals surface area contributed by atoms with E-state index in [1.165, 1.54) is 28.8 Å². The number of hydrogen-bond acceptors (Lipinski definition) is 3. The Morgan fingerprint density at radius 2 is 1.60 bits per heavy atom. The number of carboxylic acids is 1. The van der Waals surface area contributed by atoms with Crippen LogP contribution < -0.4 is 5.32 Å². The van der Waals surface area contributed by atoms with Crippen LogP contribution in [-0.2, 0) is 6.18 Å². The summed E-state index contributed by atoms with van der Waals surface area (Å²) in [7, 11) is 0. The summed E-state index contributed by atoms with van der Waals surface area (Å²) in [5.41, 5.74) is 1.21. The first-order chi connectivity index (χ1) is 16.5. The molecule has 0 atom stereocenters. The molecule has 0 saturated carbocycles. The molecule has 9 heteroatoms. The minimum Gasteiger partial charge on any atom is -0.478 e. The minimum atomic E-state index is -4.57. The van der Waals surface area contributed by atoms with Crippen molar-refractivity contribution in [1.29, 1.82) is 0 Å². The number of carbonyl (C=O) groups is 2. The summed E-state index contributed by atoms with van der Waals surface area (Å²) in [5.74, 6) is -1.79. The fourth-order valence-electron chi connectivity index (χ4n) is 4.23. The predicted octanol–water partition coefficient (Wildman–Crippen LogP) is 7.10. The summed E-state index contributed by atoms with van der Waals surface area (Å²) in [4.78, 5) is 26.1. The Bertz CT molecular complexity index is 1440. The summed E-state index contributed by atoms with van der Waals surface area (Å²) in [6, 6.07) is 15.6. The Morgan fingerprint density at radius 3 is 2.23 bits per heavy atom. The number of hydrogen-bond donors (Lipinski definition) is 2. The standard InChI is InChI=1S/C26H21F3N2O3S/c1-14-13-18(15(2)31(14)20-12-8-7-11-19(20)26(27,28)29)23(32)30-24-22(25(33)34)21(16(3)35-24)17-9-5-4-6-10-17/h4-13H,1-3H3,(H,30,32)(H,33,34). The topological polar surface area (TPSA) is 71.3 Å². The SMILES string of the molecule is Cc1sc(NC(=O)c2cc(C)n(-c3ccccc3C(F)(F)F)c2C)c(C(=O)O)c1-c1ccccc1. The summed E-state index contributed by atoms with van der Waals surface area (Å²) in [6.45, 7) is 4.94. The fourth-order valence-corrected chi connectivity index (χ4v) is 5.29. The lowest BCUT2D eigenvalue weighted by molar-refractivity contribution is -0.137. The largest absolute Gasteiger partial charge is 0.478 e. The highest BCUT2D eigenvalue weighted by Gasteiger charge is 2.34. The van der Waals surface area contributed by atoms with Crippen molar-refractivity contribution in [1.82, 2.24) is 4.57 Å². The first kappa shape index (κ1) is 24.3. The van der Waals surface area contributed by atoms with Crippen molar-refractivity contribution >= 4 is 28.2 Å². The number of halogens is 3. The van der Waals surface area contributed by atoms with Gasteiger partial charge in [-0.3, -0.25) is 4.79 Å². The Kier molecular flexibility index (Phi) is 6.29. The Labute approximate surface area is 203 Å². The molecule has 2 aromatic carbocycles. The number of rotatable bonds is 5. The third kappa shape index (κ3) is 4.46. The smallest absolute Gasteiger partial charge is 0.418 e. The third-order valence-corrected chi connectivity index (χ3v) is 6.73. The number of thiophene rings is 1. The summed E-state index contributed by atoms with van der Waals surface area (Å²) in [6.07, 6.45) is -4.57. The zero-order chi connectivity index (χ0) is 25.5. The summed E-state index contributed by atoms with van der Waals surface area (Å²) >= 11 is 1.14. The number of aryl methyl sites for hydroxylation is 2. The first-order valence-corrected chi connectivity index (χ1v) is 11.4. The van der Waals surface area contributed by atoms with Crippen LogP contribution in [0.15, 0.2) is 60.7 Å². The third-order valence-electron chi connectivity index (χ3n) is 5.71. The van der Waals surface area contributed by atoms with Gasteiger partial charge in [0.1, 0.15) is 10.6 Å². The van der Waals surface area contributed by atoms with Crippen LogP contribution >= 0.6 is 11.3 Å². The molecule has 2 heterocycles. The van der Waals surface area contributed by atoms with Crippen molar-refractivity contribution in [2.45, 2.75) is 26.9 Å². The van der Waals surface area contributed by atoms with Crippen molar-refractivity contribution in [2.24, 2.45) is 0 Å². The van der Waals surface area contributed by atoms with E-state index in [0.717, 1.165) is 17.4 Å². The molecule has 0 fully saturated rings. The quantitative estimate of drug-likeness (QED) is 0.308. The van der Waals surface area contributed by atoms with Gasteiger partial charge >= 0.3 is 12.1 Å². The number of para-hydroxylation sites is 1. The second-order valence-corrected chi connectivity index (χ2v) is 9.22. The average Bonchev–Trinajstić information content (AvgIpc) is 3.28. The minimum absolute atomic E-state index is 0.0247. The molecule has 2 N–H and O–H groups in total. The number of aromatic carboxylic acids is 1. The van der Waals surface area contributed by atoms with Crippen LogP contribution in [0.2, 0.25) is 0 Å². The molecule has 4 rings (SSSR count). The lowest BCUT2D eigenvalue weighted by Gasteiger charge is -2.16. The number of carbonyl (C=O) groups excluding carboxylic acids is 1. The van der Waals surface area contributed by atoms with Crippen molar-refractivity contribution in [3.05, 3.63) is 93.6 Å². The van der Waals surface area contributed by atoms with Crippen LogP contribution in [0.25, 0.3) is 16.8 Å². The second-order valence-electron chi connectivity index (χ2n) is 8.00. The molecular weight excluding hydrogens is 477 g/mol. The number of carboxylic acid groups (broad SMARTS) is 1. The number of nitrogens with zero attached hydrogens (tertiary/aromatic N) is 1. The molecule has 180 valence electrons. The lowest BCUT2D eigenvalue weighted by Crippen LogP contribution is -2.15. The van der Waals surface area contributed by atoms with Gasteiger partial charge < -0.3 is 15.0 Å². The van der Waals surface area contributed by atoms with E-state index in [2.05, 4.69) is 5.32 Å². The molecular formula is C26H21F3N2O3S. The number of nitrogens with one attached hydrogen (secondary N) is 1.